The Bertz CT molecular complexity index is 525. The van der Waals surface area contributed by atoms with Gasteiger partial charge in [0.15, 0.2) is 0 Å². The molecular weight excluding hydrogens is 260 g/mol. The van der Waals surface area contributed by atoms with Gasteiger partial charge in [-0.25, -0.2) is 0 Å². The lowest BCUT2D eigenvalue weighted by Crippen LogP contribution is -2.95. The van der Waals surface area contributed by atoms with Crippen molar-refractivity contribution in [1.29, 1.82) is 5.26 Å². The van der Waals surface area contributed by atoms with Crippen LogP contribution in [0.3, 0.4) is 0 Å². The molecule has 0 bridgehead atoms. The Labute approximate surface area is 116 Å². The number of aliphatic carboxylic acids is 1. The number of carbonyl (C=O) groups excluding carboxylic acids is 2. The van der Waals surface area contributed by atoms with Gasteiger partial charge in [0.25, 0.3) is 0 Å². The smallest absolute Gasteiger partial charge is 0.230 e. The Morgan fingerprint density at radius 3 is 2.75 bits per heavy atom. The molecule has 0 aliphatic heterocycles. The van der Waals surface area contributed by atoms with E-state index in [1.807, 2.05) is 6.07 Å². The van der Waals surface area contributed by atoms with Gasteiger partial charge < -0.3 is 26.3 Å². The maximum absolute atomic E-state index is 11.8. The molecule has 0 saturated heterocycles. The van der Waals surface area contributed by atoms with Crippen molar-refractivity contribution in [2.45, 2.75) is 12.5 Å². The highest BCUT2D eigenvalue weighted by atomic mass is 16.4. The predicted molar refractivity (Wildman–Crippen MR) is 67.7 cm³/mol. The third-order valence-corrected chi connectivity index (χ3v) is 2.68. The van der Waals surface area contributed by atoms with E-state index in [1.165, 1.54) is 5.32 Å². The second-order valence-electron chi connectivity index (χ2n) is 4.21. The van der Waals surface area contributed by atoms with Crippen LogP contribution in [0.1, 0.15) is 12.0 Å². The van der Waals surface area contributed by atoms with Gasteiger partial charge in [-0.05, 0) is 12.1 Å². The van der Waals surface area contributed by atoms with E-state index >= 15 is 0 Å². The van der Waals surface area contributed by atoms with Gasteiger partial charge >= 0.3 is 0 Å². The summed E-state index contributed by atoms with van der Waals surface area (Å²) in [6, 6.07) is 7.52. The SMILES string of the molecule is N#Cc1ccccc1NC(=O)C[C@H]([NH2+]CC[NH3+])C(=O)[O-]. The van der Waals surface area contributed by atoms with Crippen molar-refractivity contribution < 1.29 is 25.7 Å². The van der Waals surface area contributed by atoms with Crippen molar-refractivity contribution in [1.82, 2.24) is 0 Å². The minimum absolute atomic E-state index is 0.220. The number of nitrogens with one attached hydrogen (secondary N) is 1. The van der Waals surface area contributed by atoms with E-state index in [-0.39, 0.29) is 6.42 Å². The first kappa shape index (κ1) is 15.6. The minimum Gasteiger partial charge on any atom is -0.544 e. The number of carbonyl (C=O) groups is 2. The second-order valence-corrected chi connectivity index (χ2v) is 4.21. The molecule has 7 nitrogen and oxygen atoms in total. The van der Waals surface area contributed by atoms with Crippen LogP contribution >= 0.6 is 0 Å². The lowest BCUT2D eigenvalue weighted by Gasteiger charge is -2.15. The molecule has 0 aromatic heterocycles. The number of rotatable bonds is 7. The first-order valence-corrected chi connectivity index (χ1v) is 6.21. The van der Waals surface area contributed by atoms with Crippen LogP contribution in [0, 0.1) is 11.3 Å². The number of nitrogens with two attached hydrogens (primary N) is 1. The van der Waals surface area contributed by atoms with Gasteiger partial charge in [0, 0.05) is 0 Å². The molecule has 1 aromatic carbocycles. The number of carboxylic acid groups (broad SMARTS) is 1. The summed E-state index contributed by atoms with van der Waals surface area (Å²) in [6.07, 6.45) is -0.220. The lowest BCUT2D eigenvalue weighted by molar-refractivity contribution is -0.695. The molecule has 7 heteroatoms. The van der Waals surface area contributed by atoms with Gasteiger partial charge in [-0.1, -0.05) is 12.1 Å². The molecule has 0 spiro atoms. The van der Waals surface area contributed by atoms with Crippen molar-refractivity contribution in [2.75, 3.05) is 18.4 Å². The first-order chi connectivity index (χ1) is 9.58. The van der Waals surface area contributed by atoms with Crippen LogP contribution in [0.25, 0.3) is 0 Å². The standard InChI is InChI=1S/C13H16N4O3/c14-5-6-16-11(13(19)20)7-12(18)17-10-4-2-1-3-9(10)8-15/h1-4,11,16H,5-7,14H2,(H,17,18)(H,19,20)/p+1/t11-/m0/s1. The number of anilines is 1. The monoisotopic (exact) mass is 277 g/mol. The topological polar surface area (TPSA) is 137 Å². The van der Waals surface area contributed by atoms with Crippen molar-refractivity contribution in [3.8, 4) is 6.07 Å². The number of hydrogen-bond donors (Lipinski definition) is 3. The quantitative estimate of drug-likeness (QED) is 0.483. The van der Waals surface area contributed by atoms with Crippen molar-refractivity contribution in [2.24, 2.45) is 0 Å². The van der Waals surface area contributed by atoms with Gasteiger partial charge in [-0.15, -0.1) is 0 Å². The third kappa shape index (κ3) is 4.68. The van der Waals surface area contributed by atoms with Crippen LogP contribution in [0.5, 0.6) is 0 Å². The molecule has 1 amide bonds. The first-order valence-electron chi connectivity index (χ1n) is 6.21. The molecule has 1 atom stereocenters. The van der Waals surface area contributed by atoms with E-state index < -0.39 is 17.9 Å². The average molecular weight is 277 g/mol. The molecule has 0 heterocycles. The Morgan fingerprint density at radius 1 is 1.45 bits per heavy atom. The van der Waals surface area contributed by atoms with Gasteiger partial charge in [-0.3, -0.25) is 4.79 Å². The Balaban J connectivity index is 2.66. The van der Waals surface area contributed by atoms with E-state index in [0.717, 1.165) is 0 Å². The molecule has 0 radical (unpaired) electrons. The molecule has 0 aliphatic carbocycles. The summed E-state index contributed by atoms with van der Waals surface area (Å²) >= 11 is 0. The lowest BCUT2D eigenvalue weighted by atomic mass is 10.1. The summed E-state index contributed by atoms with van der Waals surface area (Å²) in [4.78, 5) is 22.7. The Morgan fingerprint density at radius 2 is 2.15 bits per heavy atom. The highest BCUT2D eigenvalue weighted by Crippen LogP contribution is 2.13. The largest absolute Gasteiger partial charge is 0.544 e. The summed E-state index contributed by atoms with van der Waals surface area (Å²) in [6.45, 7) is 1.06. The highest BCUT2D eigenvalue weighted by Gasteiger charge is 2.18. The summed E-state index contributed by atoms with van der Waals surface area (Å²) in [5, 5.41) is 23.9. The fraction of sp³-hybridized carbons (Fsp3) is 0.308. The van der Waals surface area contributed by atoms with Gasteiger partial charge in [-0.2, -0.15) is 5.26 Å². The maximum atomic E-state index is 11.8. The van der Waals surface area contributed by atoms with Crippen LogP contribution in [0.15, 0.2) is 24.3 Å². The maximum Gasteiger partial charge on any atom is 0.230 e. The average Bonchev–Trinajstić information content (AvgIpc) is 2.43. The fourth-order valence-electron chi connectivity index (χ4n) is 1.67. The molecule has 1 rings (SSSR count). The Kier molecular flexibility index (Phi) is 6.16. The van der Waals surface area contributed by atoms with E-state index in [2.05, 4.69) is 11.1 Å². The molecule has 0 fully saturated rings. The molecule has 20 heavy (non-hydrogen) atoms. The summed E-state index contributed by atoms with van der Waals surface area (Å²) in [7, 11) is 0. The van der Waals surface area contributed by atoms with E-state index in [9.17, 15) is 14.7 Å². The molecule has 0 unspecified atom stereocenters. The van der Waals surface area contributed by atoms with Gasteiger partial charge in [0.05, 0.1) is 23.6 Å². The molecular formula is C13H17N4O3+. The summed E-state index contributed by atoms with van der Waals surface area (Å²) in [5.74, 6) is -1.76. The molecule has 6 N–H and O–H groups in total. The molecule has 106 valence electrons. The van der Waals surface area contributed by atoms with Crippen molar-refractivity contribution >= 4 is 17.6 Å². The zero-order valence-corrected chi connectivity index (χ0v) is 11.0. The van der Waals surface area contributed by atoms with E-state index in [4.69, 9.17) is 5.26 Å². The van der Waals surface area contributed by atoms with Crippen LogP contribution in [-0.4, -0.2) is 31.0 Å². The van der Waals surface area contributed by atoms with Crippen LogP contribution in [0.4, 0.5) is 5.69 Å². The number of para-hydroxylation sites is 1. The zero-order chi connectivity index (χ0) is 15.0. The van der Waals surface area contributed by atoms with Gasteiger partial charge in [0.2, 0.25) is 5.91 Å². The third-order valence-electron chi connectivity index (χ3n) is 2.68. The molecule has 0 saturated carbocycles. The number of nitriles is 1. The van der Waals surface area contributed by atoms with E-state index in [1.54, 1.807) is 24.3 Å². The number of hydrogen-bond acceptors (Lipinski definition) is 4. The zero-order valence-electron chi connectivity index (χ0n) is 11.0. The van der Waals surface area contributed by atoms with Crippen LogP contribution in [0.2, 0.25) is 0 Å². The molecule has 1 aromatic rings. The summed E-state index contributed by atoms with van der Waals surface area (Å²) < 4.78 is 0. The minimum atomic E-state index is -1.29. The highest BCUT2D eigenvalue weighted by molar-refractivity contribution is 5.94. The van der Waals surface area contributed by atoms with Crippen LogP contribution < -0.4 is 21.5 Å². The number of benzene rings is 1. The Hall–Kier alpha value is -2.43. The number of quaternary nitrogens is 2. The summed E-state index contributed by atoms with van der Waals surface area (Å²) in [5.41, 5.74) is 4.30. The molecule has 0 aliphatic rings. The second kappa shape index (κ2) is 7.89. The number of amides is 1. The van der Waals surface area contributed by atoms with E-state index in [0.29, 0.717) is 24.3 Å². The predicted octanol–water partition coefficient (Wildman–Crippen LogP) is -3.19. The van der Waals surface area contributed by atoms with Crippen LogP contribution in [-0.2, 0) is 9.59 Å². The van der Waals surface area contributed by atoms with Crippen molar-refractivity contribution in [3.63, 3.8) is 0 Å². The van der Waals surface area contributed by atoms with Gasteiger partial charge in [0.1, 0.15) is 25.2 Å². The van der Waals surface area contributed by atoms with Crippen molar-refractivity contribution in [3.05, 3.63) is 29.8 Å². The fourth-order valence-corrected chi connectivity index (χ4v) is 1.67. The number of nitrogens with zero attached hydrogens (tertiary/aromatic N) is 1. The normalized spacial score (nSPS) is 11.4. The number of carboxylic acids is 1.